The van der Waals surface area contributed by atoms with Crippen LogP contribution in [0.4, 0.5) is 0 Å². The molecule has 0 atom stereocenters. The van der Waals surface area contributed by atoms with Crippen LogP contribution in [0.2, 0.25) is 5.02 Å². The van der Waals surface area contributed by atoms with E-state index in [1.54, 1.807) is 24.4 Å². The molecule has 4 rings (SSSR count). The second kappa shape index (κ2) is 8.10. The third kappa shape index (κ3) is 4.29. The first kappa shape index (κ1) is 18.0. The van der Waals surface area contributed by atoms with E-state index in [0.29, 0.717) is 23.9 Å². The van der Waals surface area contributed by atoms with Crippen LogP contribution in [-0.4, -0.2) is 20.8 Å². The minimum Gasteiger partial charge on any atom is -0.355 e. The molecule has 0 fully saturated rings. The van der Waals surface area contributed by atoms with Gasteiger partial charge in [-0.05, 0) is 41.5 Å². The molecule has 0 aliphatic heterocycles. The summed E-state index contributed by atoms with van der Waals surface area (Å²) in [6.45, 7) is 1.12. The molecule has 2 heterocycles. The highest BCUT2D eigenvalue weighted by Crippen LogP contribution is 2.22. The van der Waals surface area contributed by atoms with E-state index in [2.05, 4.69) is 15.6 Å². The number of carbonyl (C=O) groups excluding carboxylic acids is 1. The van der Waals surface area contributed by atoms with Gasteiger partial charge in [-0.25, -0.2) is 0 Å². The van der Waals surface area contributed by atoms with E-state index < -0.39 is 0 Å². The van der Waals surface area contributed by atoms with Crippen molar-refractivity contribution in [1.29, 1.82) is 0 Å². The minimum atomic E-state index is -0.287. The maximum Gasteiger partial charge on any atom is 0.273 e. The average molecular weight is 393 g/mol. The zero-order chi connectivity index (χ0) is 19.3. The van der Waals surface area contributed by atoms with E-state index in [1.807, 2.05) is 53.3 Å². The molecule has 7 heteroatoms. The first-order valence-corrected chi connectivity index (χ1v) is 9.11. The Balaban J connectivity index is 1.34. The molecule has 6 nitrogen and oxygen atoms in total. The molecule has 0 bridgehead atoms. The Bertz CT molecular complexity index is 1050. The Morgan fingerprint density at radius 3 is 2.54 bits per heavy atom. The number of amides is 1. The minimum absolute atomic E-state index is 0.236. The van der Waals surface area contributed by atoms with Gasteiger partial charge in [0.2, 0.25) is 0 Å². The molecule has 4 aromatic rings. The van der Waals surface area contributed by atoms with Gasteiger partial charge in [0.1, 0.15) is 0 Å². The third-order valence-corrected chi connectivity index (χ3v) is 4.50. The van der Waals surface area contributed by atoms with Crippen LogP contribution in [0.1, 0.15) is 21.6 Å². The molecule has 1 amide bonds. The predicted octanol–water partition coefficient (Wildman–Crippen LogP) is 4.17. The Morgan fingerprint density at radius 1 is 1.07 bits per heavy atom. The summed E-state index contributed by atoms with van der Waals surface area (Å²) >= 11 is 5.88. The number of rotatable bonds is 6. The van der Waals surface area contributed by atoms with Crippen LogP contribution in [-0.2, 0) is 13.1 Å². The molecule has 0 aliphatic carbocycles. The Hall–Kier alpha value is -3.38. The van der Waals surface area contributed by atoms with Crippen molar-refractivity contribution in [1.82, 2.24) is 20.3 Å². The monoisotopic (exact) mass is 392 g/mol. The van der Waals surface area contributed by atoms with Crippen LogP contribution in [0, 0.1) is 0 Å². The number of hydrogen-bond donors (Lipinski definition) is 1. The van der Waals surface area contributed by atoms with Crippen molar-refractivity contribution in [2.75, 3.05) is 0 Å². The van der Waals surface area contributed by atoms with Gasteiger partial charge in [-0.3, -0.25) is 9.48 Å². The summed E-state index contributed by atoms with van der Waals surface area (Å²) < 4.78 is 7.13. The molecule has 0 unspecified atom stereocenters. The topological polar surface area (TPSA) is 73.0 Å². The second-order valence-electron chi connectivity index (χ2n) is 6.29. The summed E-state index contributed by atoms with van der Waals surface area (Å²) in [7, 11) is 0. The number of nitrogens with one attached hydrogen (secondary N) is 1. The van der Waals surface area contributed by atoms with E-state index in [1.165, 1.54) is 0 Å². The van der Waals surface area contributed by atoms with E-state index in [0.717, 1.165) is 16.7 Å². The molecule has 0 radical (unpaired) electrons. The van der Waals surface area contributed by atoms with Crippen molar-refractivity contribution in [3.8, 4) is 11.3 Å². The first-order valence-electron chi connectivity index (χ1n) is 8.73. The molecule has 2 aromatic carbocycles. The van der Waals surface area contributed by atoms with E-state index in [9.17, 15) is 4.79 Å². The lowest BCUT2D eigenvalue weighted by atomic mass is 10.1. The second-order valence-corrected chi connectivity index (χ2v) is 6.72. The number of aromatic nitrogens is 3. The fourth-order valence-corrected chi connectivity index (χ4v) is 2.87. The Morgan fingerprint density at radius 2 is 1.82 bits per heavy atom. The van der Waals surface area contributed by atoms with Gasteiger partial charge in [-0.15, -0.1) is 0 Å². The summed E-state index contributed by atoms with van der Waals surface area (Å²) in [5, 5.41) is 11.5. The van der Waals surface area contributed by atoms with Crippen LogP contribution >= 0.6 is 11.6 Å². The van der Waals surface area contributed by atoms with Crippen LogP contribution in [0.5, 0.6) is 0 Å². The number of hydrogen-bond acceptors (Lipinski definition) is 4. The van der Waals surface area contributed by atoms with Crippen molar-refractivity contribution in [3.05, 3.63) is 94.9 Å². The largest absolute Gasteiger partial charge is 0.355 e. The summed E-state index contributed by atoms with van der Waals surface area (Å²) in [6.07, 6.45) is 3.68. The quantitative estimate of drug-likeness (QED) is 0.534. The average Bonchev–Trinajstić information content (AvgIpc) is 3.40. The lowest BCUT2D eigenvalue weighted by Gasteiger charge is -2.06. The molecular weight excluding hydrogens is 376 g/mol. The SMILES string of the molecule is O=C(NCc1ccc(Cn2cccn2)cc1)c1cc(-c2ccc(Cl)cc2)on1. The highest BCUT2D eigenvalue weighted by atomic mass is 35.5. The van der Waals surface area contributed by atoms with Crippen LogP contribution in [0.3, 0.4) is 0 Å². The number of halogens is 1. The van der Waals surface area contributed by atoms with Gasteiger partial charge in [0.05, 0.1) is 6.54 Å². The van der Waals surface area contributed by atoms with Crippen molar-refractivity contribution >= 4 is 17.5 Å². The molecule has 2 aromatic heterocycles. The van der Waals surface area contributed by atoms with Crippen LogP contribution < -0.4 is 5.32 Å². The fraction of sp³-hybridized carbons (Fsp3) is 0.0952. The molecule has 0 saturated heterocycles. The van der Waals surface area contributed by atoms with Gasteiger partial charge in [-0.2, -0.15) is 5.10 Å². The van der Waals surface area contributed by atoms with Gasteiger partial charge in [0.25, 0.3) is 5.91 Å². The highest BCUT2D eigenvalue weighted by Gasteiger charge is 2.13. The standard InChI is InChI=1S/C21H17ClN4O2/c22-18-8-6-17(7-9-18)20-12-19(25-28-20)21(27)23-13-15-2-4-16(5-3-15)14-26-11-1-10-24-26/h1-12H,13-14H2,(H,23,27). The lowest BCUT2D eigenvalue weighted by Crippen LogP contribution is -2.23. The molecule has 0 saturated carbocycles. The summed E-state index contributed by atoms with van der Waals surface area (Å²) in [6, 6.07) is 18.7. The normalized spacial score (nSPS) is 10.8. The van der Waals surface area contributed by atoms with Gasteiger partial charge < -0.3 is 9.84 Å². The van der Waals surface area contributed by atoms with Gasteiger partial charge in [-0.1, -0.05) is 41.0 Å². The summed E-state index contributed by atoms with van der Waals surface area (Å²) in [5.41, 5.74) is 3.19. The number of benzene rings is 2. The van der Waals surface area contributed by atoms with Crippen LogP contribution in [0.25, 0.3) is 11.3 Å². The summed E-state index contributed by atoms with van der Waals surface area (Å²) in [5.74, 6) is 0.231. The zero-order valence-corrected chi connectivity index (χ0v) is 15.6. The van der Waals surface area contributed by atoms with Gasteiger partial charge in [0, 0.05) is 35.6 Å². The lowest BCUT2D eigenvalue weighted by molar-refractivity contribution is 0.0942. The zero-order valence-electron chi connectivity index (χ0n) is 14.9. The van der Waals surface area contributed by atoms with Crippen molar-refractivity contribution in [2.45, 2.75) is 13.1 Å². The van der Waals surface area contributed by atoms with Gasteiger partial charge >= 0.3 is 0 Å². The number of carbonyl (C=O) groups is 1. The number of nitrogens with zero attached hydrogens (tertiary/aromatic N) is 3. The van der Waals surface area contributed by atoms with Gasteiger partial charge in [0.15, 0.2) is 11.5 Å². The maximum absolute atomic E-state index is 12.3. The molecule has 0 aliphatic rings. The third-order valence-electron chi connectivity index (χ3n) is 4.25. The molecule has 140 valence electrons. The molecular formula is C21H17ClN4O2. The van der Waals surface area contributed by atoms with E-state index in [-0.39, 0.29) is 11.6 Å². The van der Waals surface area contributed by atoms with E-state index >= 15 is 0 Å². The molecule has 28 heavy (non-hydrogen) atoms. The molecule has 1 N–H and O–H groups in total. The smallest absolute Gasteiger partial charge is 0.273 e. The predicted molar refractivity (Wildman–Crippen MR) is 106 cm³/mol. The van der Waals surface area contributed by atoms with E-state index in [4.69, 9.17) is 16.1 Å². The van der Waals surface area contributed by atoms with Crippen molar-refractivity contribution in [2.24, 2.45) is 0 Å². The van der Waals surface area contributed by atoms with Crippen molar-refractivity contribution < 1.29 is 9.32 Å². The van der Waals surface area contributed by atoms with Crippen molar-refractivity contribution in [3.63, 3.8) is 0 Å². The molecule has 0 spiro atoms. The first-order chi connectivity index (χ1) is 13.7. The van der Waals surface area contributed by atoms with Crippen LogP contribution in [0.15, 0.2) is 77.6 Å². The Labute approximate surface area is 166 Å². The Kier molecular flexibility index (Phi) is 5.21. The fourth-order valence-electron chi connectivity index (χ4n) is 2.75. The highest BCUT2D eigenvalue weighted by molar-refractivity contribution is 6.30. The summed E-state index contributed by atoms with van der Waals surface area (Å²) in [4.78, 5) is 12.3. The maximum atomic E-state index is 12.3.